The summed E-state index contributed by atoms with van der Waals surface area (Å²) in [7, 11) is 0. The zero-order chi connectivity index (χ0) is 14.2. The van der Waals surface area contributed by atoms with Gasteiger partial charge in [-0.15, -0.1) is 0 Å². The van der Waals surface area contributed by atoms with Crippen molar-refractivity contribution in [3.8, 4) is 21.8 Å². The molecule has 0 saturated heterocycles. The number of hydrogen-bond acceptors (Lipinski definition) is 3. The fourth-order valence-corrected chi connectivity index (χ4v) is 3.09. The highest BCUT2D eigenvalue weighted by Crippen LogP contribution is 2.29. The van der Waals surface area contributed by atoms with Crippen molar-refractivity contribution < 1.29 is 4.39 Å². The van der Waals surface area contributed by atoms with Gasteiger partial charge in [0.25, 0.3) is 0 Å². The minimum absolute atomic E-state index is 0.247. The fourth-order valence-electron chi connectivity index (χ4n) is 2.21. The van der Waals surface area contributed by atoms with Gasteiger partial charge in [-0.1, -0.05) is 41.7 Å². The minimum Gasteiger partial charge on any atom is -0.225 e. The lowest BCUT2D eigenvalue weighted by atomic mass is 10.2. The van der Waals surface area contributed by atoms with Crippen LogP contribution < -0.4 is 0 Å². The minimum atomic E-state index is -0.247. The summed E-state index contributed by atoms with van der Waals surface area (Å²) in [6, 6.07) is 16.4. The number of benzene rings is 2. The topological polar surface area (TPSA) is 30.2 Å². The summed E-state index contributed by atoms with van der Waals surface area (Å²) in [5.74, 6) is -0.247. The zero-order valence-electron chi connectivity index (χ0n) is 10.9. The Hall–Kier alpha value is -2.53. The Morgan fingerprint density at radius 1 is 0.905 bits per heavy atom. The molecule has 5 heteroatoms. The molecule has 2 aromatic carbocycles. The van der Waals surface area contributed by atoms with Gasteiger partial charge in [0.05, 0.1) is 11.9 Å². The normalized spacial score (nSPS) is 11.1. The van der Waals surface area contributed by atoms with Gasteiger partial charge in [-0.25, -0.2) is 13.9 Å². The van der Waals surface area contributed by atoms with Crippen LogP contribution in [0.15, 0.2) is 60.8 Å². The Balaban J connectivity index is 1.85. The van der Waals surface area contributed by atoms with Gasteiger partial charge in [-0.05, 0) is 24.3 Å². The first kappa shape index (κ1) is 12.2. The quantitative estimate of drug-likeness (QED) is 0.553. The first-order chi connectivity index (χ1) is 10.3. The van der Waals surface area contributed by atoms with Gasteiger partial charge in [0.2, 0.25) is 4.96 Å². The monoisotopic (exact) mass is 295 g/mol. The maximum atomic E-state index is 13.0. The van der Waals surface area contributed by atoms with Crippen LogP contribution in [-0.2, 0) is 0 Å². The zero-order valence-corrected chi connectivity index (χ0v) is 11.7. The summed E-state index contributed by atoms with van der Waals surface area (Å²) in [6.07, 6.45) is 1.76. The van der Waals surface area contributed by atoms with Crippen LogP contribution in [0.25, 0.3) is 26.8 Å². The molecule has 0 fully saturated rings. The molecule has 0 aliphatic heterocycles. The van der Waals surface area contributed by atoms with E-state index in [2.05, 4.69) is 10.1 Å². The number of rotatable bonds is 2. The molecule has 0 N–H and O–H groups in total. The third kappa shape index (κ3) is 2.11. The van der Waals surface area contributed by atoms with E-state index >= 15 is 0 Å². The predicted octanol–water partition coefficient (Wildman–Crippen LogP) is 4.26. The average Bonchev–Trinajstić information content (AvgIpc) is 3.09. The molecule has 4 aromatic rings. The number of fused-ring (bicyclic) bond motifs is 1. The van der Waals surface area contributed by atoms with E-state index in [0.29, 0.717) is 0 Å². The first-order valence-corrected chi connectivity index (χ1v) is 7.29. The van der Waals surface area contributed by atoms with Crippen molar-refractivity contribution in [2.24, 2.45) is 0 Å². The van der Waals surface area contributed by atoms with Crippen molar-refractivity contribution in [1.29, 1.82) is 0 Å². The van der Waals surface area contributed by atoms with E-state index in [1.165, 1.54) is 23.5 Å². The van der Waals surface area contributed by atoms with Gasteiger partial charge in [0.1, 0.15) is 10.8 Å². The summed E-state index contributed by atoms with van der Waals surface area (Å²) in [5.41, 5.74) is 2.83. The van der Waals surface area contributed by atoms with E-state index in [-0.39, 0.29) is 5.82 Å². The van der Waals surface area contributed by atoms with Crippen LogP contribution in [-0.4, -0.2) is 14.6 Å². The third-order valence-electron chi connectivity index (χ3n) is 3.25. The number of aromatic nitrogens is 3. The predicted molar refractivity (Wildman–Crippen MR) is 81.7 cm³/mol. The van der Waals surface area contributed by atoms with Gasteiger partial charge in [0, 0.05) is 11.1 Å². The lowest BCUT2D eigenvalue weighted by Crippen LogP contribution is -1.89. The standard InChI is InChI=1S/C16H10FN3S/c17-13-8-6-11(7-9-13)14-10-18-16-20(14)19-15(21-16)12-4-2-1-3-5-12/h1-10H. The molecular weight excluding hydrogens is 285 g/mol. The van der Waals surface area contributed by atoms with Crippen LogP contribution in [0.3, 0.4) is 0 Å². The van der Waals surface area contributed by atoms with Crippen LogP contribution in [0.5, 0.6) is 0 Å². The smallest absolute Gasteiger partial charge is 0.213 e. The third-order valence-corrected chi connectivity index (χ3v) is 4.22. The number of nitrogens with zero attached hydrogens (tertiary/aromatic N) is 3. The molecule has 3 nitrogen and oxygen atoms in total. The van der Waals surface area contributed by atoms with Crippen molar-refractivity contribution in [2.75, 3.05) is 0 Å². The average molecular weight is 295 g/mol. The number of halogens is 1. The van der Waals surface area contributed by atoms with Crippen LogP contribution in [0, 0.1) is 5.82 Å². The van der Waals surface area contributed by atoms with Crippen molar-refractivity contribution in [3.63, 3.8) is 0 Å². The molecule has 2 heterocycles. The Bertz CT molecular complexity index is 894. The highest BCUT2D eigenvalue weighted by atomic mass is 32.1. The van der Waals surface area contributed by atoms with E-state index < -0.39 is 0 Å². The lowest BCUT2D eigenvalue weighted by Gasteiger charge is -1.98. The lowest BCUT2D eigenvalue weighted by molar-refractivity contribution is 0.628. The van der Waals surface area contributed by atoms with Crippen molar-refractivity contribution in [1.82, 2.24) is 14.6 Å². The molecule has 0 radical (unpaired) electrons. The molecule has 4 rings (SSSR count). The molecule has 21 heavy (non-hydrogen) atoms. The van der Waals surface area contributed by atoms with Crippen molar-refractivity contribution in [2.45, 2.75) is 0 Å². The van der Waals surface area contributed by atoms with E-state index in [0.717, 1.165) is 26.8 Å². The molecule has 2 aromatic heterocycles. The highest BCUT2D eigenvalue weighted by Gasteiger charge is 2.12. The largest absolute Gasteiger partial charge is 0.225 e. The Morgan fingerprint density at radius 2 is 1.67 bits per heavy atom. The van der Waals surface area contributed by atoms with E-state index in [4.69, 9.17) is 0 Å². The van der Waals surface area contributed by atoms with Crippen LogP contribution in [0.2, 0.25) is 0 Å². The Morgan fingerprint density at radius 3 is 2.43 bits per heavy atom. The summed E-state index contributed by atoms with van der Waals surface area (Å²) in [6.45, 7) is 0. The SMILES string of the molecule is Fc1ccc(-c2cnc3sc(-c4ccccc4)nn23)cc1. The molecule has 0 spiro atoms. The van der Waals surface area contributed by atoms with Gasteiger partial charge in [-0.3, -0.25) is 0 Å². The summed E-state index contributed by atoms with van der Waals surface area (Å²) < 4.78 is 14.8. The first-order valence-electron chi connectivity index (χ1n) is 6.47. The number of hydrogen-bond donors (Lipinski definition) is 0. The number of imidazole rings is 1. The summed E-state index contributed by atoms with van der Waals surface area (Å²) in [5, 5.41) is 5.54. The Kier molecular flexibility index (Phi) is 2.79. The molecular formula is C16H10FN3S. The van der Waals surface area contributed by atoms with E-state index in [9.17, 15) is 4.39 Å². The van der Waals surface area contributed by atoms with Gasteiger partial charge in [0.15, 0.2) is 0 Å². The van der Waals surface area contributed by atoms with E-state index in [1.807, 2.05) is 30.3 Å². The maximum absolute atomic E-state index is 13.0. The molecule has 102 valence electrons. The maximum Gasteiger partial charge on any atom is 0.213 e. The summed E-state index contributed by atoms with van der Waals surface area (Å²) in [4.78, 5) is 5.22. The van der Waals surface area contributed by atoms with Crippen molar-refractivity contribution in [3.05, 3.63) is 66.6 Å². The van der Waals surface area contributed by atoms with Crippen LogP contribution in [0.4, 0.5) is 4.39 Å². The highest BCUT2D eigenvalue weighted by molar-refractivity contribution is 7.19. The molecule has 0 saturated carbocycles. The molecule has 0 aliphatic carbocycles. The molecule has 0 bridgehead atoms. The molecule has 0 amide bonds. The van der Waals surface area contributed by atoms with Crippen LogP contribution >= 0.6 is 11.3 Å². The van der Waals surface area contributed by atoms with Gasteiger partial charge in [-0.2, -0.15) is 5.10 Å². The van der Waals surface area contributed by atoms with E-state index in [1.54, 1.807) is 22.8 Å². The summed E-state index contributed by atoms with van der Waals surface area (Å²) >= 11 is 1.54. The molecule has 0 unspecified atom stereocenters. The van der Waals surface area contributed by atoms with Gasteiger partial charge >= 0.3 is 0 Å². The van der Waals surface area contributed by atoms with Crippen LogP contribution in [0.1, 0.15) is 0 Å². The second-order valence-electron chi connectivity index (χ2n) is 4.62. The second-order valence-corrected chi connectivity index (χ2v) is 5.57. The molecule has 0 aliphatic rings. The van der Waals surface area contributed by atoms with Gasteiger partial charge < -0.3 is 0 Å². The van der Waals surface area contributed by atoms with Crippen molar-refractivity contribution >= 4 is 16.3 Å². The fraction of sp³-hybridized carbons (Fsp3) is 0. The Labute approximate surface area is 124 Å². The molecule has 0 atom stereocenters. The second kappa shape index (κ2) is 4.79.